The Balaban J connectivity index is 2.75. The highest BCUT2D eigenvalue weighted by atomic mass is 35.5. The lowest BCUT2D eigenvalue weighted by atomic mass is 10.1. The Labute approximate surface area is 90.1 Å². The zero-order chi connectivity index (χ0) is 10.8. The summed E-state index contributed by atoms with van der Waals surface area (Å²) >= 11 is 5.97. The van der Waals surface area contributed by atoms with E-state index in [1.807, 2.05) is 45.0 Å². The van der Waals surface area contributed by atoms with Gasteiger partial charge in [0, 0.05) is 10.6 Å². The van der Waals surface area contributed by atoms with Crippen LogP contribution in [0.2, 0.25) is 5.02 Å². The van der Waals surface area contributed by atoms with Gasteiger partial charge in [-0.1, -0.05) is 29.8 Å². The molecule has 2 nitrogen and oxygen atoms in total. The summed E-state index contributed by atoms with van der Waals surface area (Å²) in [5.74, 6) is 0. The predicted molar refractivity (Wildman–Crippen MR) is 59.2 cm³/mol. The molecule has 0 radical (unpaired) electrons. The summed E-state index contributed by atoms with van der Waals surface area (Å²) in [4.78, 5) is 0. The number of rotatable bonds is 2. The molecule has 78 valence electrons. The summed E-state index contributed by atoms with van der Waals surface area (Å²) in [6, 6.07) is 7.48. The van der Waals surface area contributed by atoms with Crippen LogP contribution in [0.4, 0.5) is 0 Å². The third-order valence-corrected chi connectivity index (χ3v) is 2.51. The molecule has 0 spiro atoms. The quantitative estimate of drug-likeness (QED) is 0.748. The molecule has 0 fully saturated rings. The van der Waals surface area contributed by atoms with Crippen LogP contribution in [0.15, 0.2) is 24.3 Å². The molecule has 0 aliphatic heterocycles. The van der Waals surface area contributed by atoms with Crippen molar-refractivity contribution in [3.05, 3.63) is 40.1 Å². The zero-order valence-corrected chi connectivity index (χ0v) is 9.56. The van der Waals surface area contributed by atoms with E-state index in [0.29, 0.717) is 11.6 Å². The maximum absolute atomic E-state index is 11.7. The van der Waals surface area contributed by atoms with Gasteiger partial charge in [-0.05, 0) is 26.8 Å². The highest BCUT2D eigenvalue weighted by Crippen LogP contribution is 2.13. The molecule has 0 saturated carbocycles. The van der Waals surface area contributed by atoms with E-state index in [-0.39, 0.29) is 10.6 Å². The molecule has 0 heterocycles. The standard InChI is InChI=1S/C11H16ClNO/c1-11(2,3)13(14)8-9-6-4-5-7-10(9)12/h4-7,13H,8H2,1-3H3. The zero-order valence-electron chi connectivity index (χ0n) is 8.80. The van der Waals surface area contributed by atoms with Gasteiger partial charge >= 0.3 is 0 Å². The van der Waals surface area contributed by atoms with Crippen molar-refractivity contribution in [1.29, 1.82) is 0 Å². The monoisotopic (exact) mass is 213 g/mol. The van der Waals surface area contributed by atoms with Gasteiger partial charge in [-0.3, -0.25) is 0 Å². The molecular weight excluding hydrogens is 198 g/mol. The number of hydrogen-bond donors (Lipinski definition) is 1. The predicted octanol–water partition coefficient (Wildman–Crippen LogP) is 2.02. The second kappa shape index (κ2) is 4.30. The Morgan fingerprint density at radius 3 is 2.36 bits per heavy atom. The van der Waals surface area contributed by atoms with Gasteiger partial charge in [-0.25, -0.2) is 0 Å². The summed E-state index contributed by atoms with van der Waals surface area (Å²) in [5.41, 5.74) is 0.619. The van der Waals surface area contributed by atoms with Crippen molar-refractivity contribution in [3.8, 4) is 0 Å². The minimum absolute atomic E-state index is 0.214. The molecule has 0 aliphatic rings. The minimum Gasteiger partial charge on any atom is -0.634 e. The van der Waals surface area contributed by atoms with Crippen LogP contribution in [0.25, 0.3) is 0 Å². The molecule has 1 unspecified atom stereocenters. The molecule has 1 aromatic carbocycles. The topological polar surface area (TPSA) is 27.5 Å². The molecular formula is C11H16ClNO. The summed E-state index contributed by atoms with van der Waals surface area (Å²) in [6.45, 7) is 6.19. The van der Waals surface area contributed by atoms with Gasteiger partial charge in [0.2, 0.25) is 0 Å². The van der Waals surface area contributed by atoms with Crippen molar-refractivity contribution in [3.63, 3.8) is 0 Å². The Bertz CT molecular complexity index is 306. The van der Waals surface area contributed by atoms with Crippen LogP contribution in [0.1, 0.15) is 26.3 Å². The van der Waals surface area contributed by atoms with Crippen molar-refractivity contribution in [2.24, 2.45) is 0 Å². The van der Waals surface area contributed by atoms with E-state index in [4.69, 9.17) is 11.6 Å². The fourth-order valence-corrected chi connectivity index (χ4v) is 1.28. The molecule has 3 heteroatoms. The molecule has 0 amide bonds. The van der Waals surface area contributed by atoms with Crippen LogP contribution in [-0.4, -0.2) is 5.54 Å². The van der Waals surface area contributed by atoms with E-state index >= 15 is 0 Å². The lowest BCUT2D eigenvalue weighted by Gasteiger charge is -2.35. The number of hydrogen-bond acceptors (Lipinski definition) is 1. The third-order valence-electron chi connectivity index (χ3n) is 2.15. The Hall–Kier alpha value is -0.570. The van der Waals surface area contributed by atoms with Gasteiger partial charge in [0.15, 0.2) is 0 Å². The van der Waals surface area contributed by atoms with Crippen LogP contribution < -0.4 is 5.06 Å². The molecule has 14 heavy (non-hydrogen) atoms. The van der Waals surface area contributed by atoms with Crippen LogP contribution in [-0.2, 0) is 6.54 Å². The van der Waals surface area contributed by atoms with Gasteiger partial charge in [0.05, 0.1) is 5.54 Å². The number of benzene rings is 1. The summed E-state index contributed by atoms with van der Waals surface area (Å²) < 4.78 is 0. The van der Waals surface area contributed by atoms with Crippen molar-refractivity contribution < 1.29 is 5.06 Å². The second-order valence-corrected chi connectivity index (χ2v) is 4.85. The largest absolute Gasteiger partial charge is 0.634 e. The molecule has 0 saturated heterocycles. The molecule has 0 bridgehead atoms. The lowest BCUT2D eigenvalue weighted by molar-refractivity contribution is -0.911. The van der Waals surface area contributed by atoms with Gasteiger partial charge < -0.3 is 10.3 Å². The Morgan fingerprint density at radius 2 is 1.86 bits per heavy atom. The van der Waals surface area contributed by atoms with Crippen LogP contribution >= 0.6 is 11.6 Å². The van der Waals surface area contributed by atoms with Crippen molar-refractivity contribution in [1.82, 2.24) is 0 Å². The summed E-state index contributed by atoms with van der Waals surface area (Å²) in [6.07, 6.45) is 0. The van der Waals surface area contributed by atoms with E-state index in [2.05, 4.69) is 0 Å². The number of nitrogens with one attached hydrogen (secondary N) is 1. The van der Waals surface area contributed by atoms with Crippen molar-refractivity contribution >= 4 is 11.6 Å². The van der Waals surface area contributed by atoms with Crippen LogP contribution in [0.5, 0.6) is 0 Å². The normalized spacial score (nSPS) is 14.1. The first kappa shape index (κ1) is 11.5. The summed E-state index contributed by atoms with van der Waals surface area (Å²) in [5, 5.41) is 12.6. The van der Waals surface area contributed by atoms with Gasteiger partial charge in [-0.15, -0.1) is 0 Å². The first-order valence-electron chi connectivity index (χ1n) is 4.68. The summed E-state index contributed by atoms with van der Waals surface area (Å²) in [7, 11) is 0. The molecule has 1 rings (SSSR count). The minimum atomic E-state index is -0.292. The maximum Gasteiger partial charge on any atom is 0.104 e. The second-order valence-electron chi connectivity index (χ2n) is 4.44. The third kappa shape index (κ3) is 2.98. The van der Waals surface area contributed by atoms with E-state index in [1.54, 1.807) is 0 Å². The number of hydroxylamine groups is 2. The van der Waals surface area contributed by atoms with E-state index < -0.39 is 0 Å². The van der Waals surface area contributed by atoms with Crippen molar-refractivity contribution in [2.45, 2.75) is 32.9 Å². The Kier molecular flexibility index (Phi) is 3.53. The molecule has 0 aromatic heterocycles. The fraction of sp³-hybridized carbons (Fsp3) is 0.455. The Morgan fingerprint density at radius 1 is 1.29 bits per heavy atom. The molecule has 1 aromatic rings. The molecule has 1 atom stereocenters. The van der Waals surface area contributed by atoms with E-state index in [0.717, 1.165) is 5.56 Å². The van der Waals surface area contributed by atoms with Crippen LogP contribution in [0, 0.1) is 5.21 Å². The fourth-order valence-electron chi connectivity index (χ4n) is 1.08. The maximum atomic E-state index is 11.7. The van der Waals surface area contributed by atoms with Gasteiger partial charge in [0.1, 0.15) is 6.54 Å². The highest BCUT2D eigenvalue weighted by molar-refractivity contribution is 6.31. The average Bonchev–Trinajstić information content (AvgIpc) is 2.07. The average molecular weight is 214 g/mol. The smallest absolute Gasteiger partial charge is 0.104 e. The number of halogens is 1. The molecule has 1 N–H and O–H groups in total. The van der Waals surface area contributed by atoms with Crippen molar-refractivity contribution in [2.75, 3.05) is 0 Å². The highest BCUT2D eigenvalue weighted by Gasteiger charge is 2.18. The van der Waals surface area contributed by atoms with E-state index in [1.165, 1.54) is 0 Å². The molecule has 0 aliphatic carbocycles. The lowest BCUT2D eigenvalue weighted by Crippen LogP contribution is -3.13. The van der Waals surface area contributed by atoms with Gasteiger partial charge in [-0.2, -0.15) is 0 Å². The van der Waals surface area contributed by atoms with Crippen LogP contribution in [0.3, 0.4) is 0 Å². The van der Waals surface area contributed by atoms with E-state index in [9.17, 15) is 5.21 Å². The van der Waals surface area contributed by atoms with Gasteiger partial charge in [0.25, 0.3) is 0 Å². The first-order valence-corrected chi connectivity index (χ1v) is 5.06. The SMILES string of the molecule is CC(C)(C)[NH+]([O-])Cc1ccccc1Cl. The number of quaternary nitrogens is 1. The first-order chi connectivity index (χ1) is 6.41.